The molecule has 1 aliphatic rings. The molecule has 3 heterocycles. The molecule has 1 aromatic carbocycles. The van der Waals surface area contributed by atoms with E-state index in [0.29, 0.717) is 31.7 Å². The molecule has 2 aromatic heterocycles. The molecule has 0 radical (unpaired) electrons. The molecule has 2 amide bonds. The fourth-order valence-corrected chi connectivity index (χ4v) is 5.03. The van der Waals surface area contributed by atoms with E-state index < -0.39 is 0 Å². The van der Waals surface area contributed by atoms with Crippen LogP contribution in [0.25, 0.3) is 0 Å². The standard InChI is InChI=1S/C25H28N2O3S/c1-19-9-10-23(31-19)17-27(14-11-20-6-3-2-4-7-20)24(28)21-8-5-13-26(16-21)25(29)22-12-15-30-18-22/h2-4,6-7,9-10,12,15,18,21H,5,8,11,13-14,16-17H2,1H3. The molecular weight excluding hydrogens is 408 g/mol. The maximum atomic E-state index is 13.6. The Bertz CT molecular complexity index is 997. The summed E-state index contributed by atoms with van der Waals surface area (Å²) in [5, 5.41) is 0. The quantitative estimate of drug-likeness (QED) is 0.536. The van der Waals surface area contributed by atoms with Gasteiger partial charge in [0.15, 0.2) is 0 Å². The van der Waals surface area contributed by atoms with Crippen LogP contribution < -0.4 is 0 Å². The van der Waals surface area contributed by atoms with Gasteiger partial charge in [0.25, 0.3) is 5.91 Å². The van der Waals surface area contributed by atoms with Crippen LogP contribution in [0, 0.1) is 12.8 Å². The smallest absolute Gasteiger partial charge is 0.257 e. The molecule has 0 bridgehead atoms. The second-order valence-corrected chi connectivity index (χ2v) is 9.48. The zero-order valence-corrected chi connectivity index (χ0v) is 18.6. The first-order valence-corrected chi connectivity index (χ1v) is 11.6. The van der Waals surface area contributed by atoms with E-state index in [1.165, 1.54) is 27.8 Å². The van der Waals surface area contributed by atoms with Gasteiger partial charge in [-0.2, -0.15) is 0 Å². The zero-order chi connectivity index (χ0) is 21.6. The highest BCUT2D eigenvalue weighted by molar-refractivity contribution is 7.11. The number of rotatable bonds is 7. The van der Waals surface area contributed by atoms with Crippen LogP contribution in [0.5, 0.6) is 0 Å². The summed E-state index contributed by atoms with van der Waals surface area (Å²) in [7, 11) is 0. The number of benzene rings is 1. The summed E-state index contributed by atoms with van der Waals surface area (Å²) in [5.41, 5.74) is 1.77. The van der Waals surface area contributed by atoms with Gasteiger partial charge in [0.05, 0.1) is 24.3 Å². The van der Waals surface area contributed by atoms with E-state index in [-0.39, 0.29) is 17.7 Å². The molecule has 6 heteroatoms. The average Bonchev–Trinajstić information content (AvgIpc) is 3.48. The monoisotopic (exact) mass is 436 g/mol. The maximum absolute atomic E-state index is 13.6. The van der Waals surface area contributed by atoms with Gasteiger partial charge in [-0.15, -0.1) is 11.3 Å². The average molecular weight is 437 g/mol. The van der Waals surface area contributed by atoms with Crippen LogP contribution in [0.15, 0.2) is 65.5 Å². The summed E-state index contributed by atoms with van der Waals surface area (Å²) >= 11 is 1.74. The molecule has 1 atom stereocenters. The fourth-order valence-electron chi connectivity index (χ4n) is 4.12. The summed E-state index contributed by atoms with van der Waals surface area (Å²) in [5.74, 6) is -0.0796. The molecule has 0 aliphatic carbocycles. The molecule has 0 spiro atoms. The minimum absolute atomic E-state index is 0.0593. The molecule has 162 valence electrons. The lowest BCUT2D eigenvalue weighted by Gasteiger charge is -2.35. The van der Waals surface area contributed by atoms with Gasteiger partial charge >= 0.3 is 0 Å². The zero-order valence-electron chi connectivity index (χ0n) is 17.8. The second-order valence-electron chi connectivity index (χ2n) is 8.11. The van der Waals surface area contributed by atoms with Gasteiger partial charge in [-0.05, 0) is 49.9 Å². The third-order valence-electron chi connectivity index (χ3n) is 5.79. The van der Waals surface area contributed by atoms with Gasteiger partial charge in [-0.25, -0.2) is 0 Å². The number of nitrogens with zero attached hydrogens (tertiary/aromatic N) is 2. The van der Waals surface area contributed by atoms with Crippen LogP contribution in [0.3, 0.4) is 0 Å². The Morgan fingerprint density at radius 3 is 2.71 bits per heavy atom. The van der Waals surface area contributed by atoms with E-state index in [2.05, 4.69) is 31.2 Å². The van der Waals surface area contributed by atoms with Gasteiger partial charge in [-0.1, -0.05) is 30.3 Å². The lowest BCUT2D eigenvalue weighted by atomic mass is 9.95. The summed E-state index contributed by atoms with van der Waals surface area (Å²) in [4.78, 5) is 32.5. The van der Waals surface area contributed by atoms with Crippen LogP contribution in [-0.4, -0.2) is 41.2 Å². The number of piperidine rings is 1. The molecule has 1 saturated heterocycles. The van der Waals surface area contributed by atoms with E-state index >= 15 is 0 Å². The Morgan fingerprint density at radius 1 is 1.16 bits per heavy atom. The topological polar surface area (TPSA) is 53.8 Å². The first kappa shape index (κ1) is 21.4. The number of hydrogen-bond acceptors (Lipinski definition) is 4. The van der Waals surface area contributed by atoms with E-state index in [4.69, 9.17) is 4.42 Å². The van der Waals surface area contributed by atoms with Crippen molar-refractivity contribution in [2.24, 2.45) is 5.92 Å². The highest BCUT2D eigenvalue weighted by Crippen LogP contribution is 2.24. The minimum Gasteiger partial charge on any atom is -0.472 e. The lowest BCUT2D eigenvalue weighted by Crippen LogP contribution is -2.47. The first-order valence-electron chi connectivity index (χ1n) is 10.8. The van der Waals surface area contributed by atoms with Crippen molar-refractivity contribution in [1.29, 1.82) is 0 Å². The predicted molar refractivity (Wildman–Crippen MR) is 122 cm³/mol. The van der Waals surface area contributed by atoms with Gasteiger partial charge in [-0.3, -0.25) is 9.59 Å². The molecule has 5 nitrogen and oxygen atoms in total. The largest absolute Gasteiger partial charge is 0.472 e. The number of thiophene rings is 1. The minimum atomic E-state index is -0.165. The fraction of sp³-hybridized carbons (Fsp3) is 0.360. The van der Waals surface area contributed by atoms with Crippen LogP contribution in [-0.2, 0) is 17.8 Å². The number of likely N-dealkylation sites (tertiary alicyclic amines) is 1. The third kappa shape index (κ3) is 5.44. The van der Waals surface area contributed by atoms with Crippen molar-refractivity contribution >= 4 is 23.2 Å². The summed E-state index contributed by atoms with van der Waals surface area (Å²) in [6, 6.07) is 16.2. The van der Waals surface area contributed by atoms with Crippen molar-refractivity contribution < 1.29 is 14.0 Å². The van der Waals surface area contributed by atoms with Crippen LogP contribution in [0.2, 0.25) is 0 Å². The molecule has 1 aliphatic heterocycles. The number of carbonyl (C=O) groups excluding carboxylic acids is 2. The van der Waals surface area contributed by atoms with E-state index in [1.54, 1.807) is 22.3 Å². The van der Waals surface area contributed by atoms with Crippen molar-refractivity contribution in [3.63, 3.8) is 0 Å². The summed E-state index contributed by atoms with van der Waals surface area (Å²) in [6.45, 7) is 4.53. The number of carbonyl (C=O) groups is 2. The molecule has 1 unspecified atom stereocenters. The first-order chi connectivity index (χ1) is 15.1. The highest BCUT2D eigenvalue weighted by atomic mass is 32.1. The Balaban J connectivity index is 1.46. The third-order valence-corrected chi connectivity index (χ3v) is 6.78. The lowest BCUT2D eigenvalue weighted by molar-refractivity contribution is -0.137. The molecule has 1 fully saturated rings. The van der Waals surface area contributed by atoms with Crippen molar-refractivity contribution in [3.05, 3.63) is 81.9 Å². The Morgan fingerprint density at radius 2 is 2.00 bits per heavy atom. The number of aryl methyl sites for hydroxylation is 1. The van der Waals surface area contributed by atoms with E-state index in [0.717, 1.165) is 19.3 Å². The summed E-state index contributed by atoms with van der Waals surface area (Å²) < 4.78 is 5.06. The van der Waals surface area contributed by atoms with Crippen molar-refractivity contribution in [1.82, 2.24) is 9.80 Å². The maximum Gasteiger partial charge on any atom is 0.257 e. The van der Waals surface area contributed by atoms with Gasteiger partial charge in [0.1, 0.15) is 6.26 Å². The Hall–Kier alpha value is -2.86. The van der Waals surface area contributed by atoms with Crippen LogP contribution >= 0.6 is 11.3 Å². The Labute approximate surface area is 187 Å². The van der Waals surface area contributed by atoms with Crippen LogP contribution in [0.1, 0.15) is 38.5 Å². The normalized spacial score (nSPS) is 16.3. The van der Waals surface area contributed by atoms with Gasteiger partial charge in [0.2, 0.25) is 5.91 Å². The number of amides is 2. The molecule has 31 heavy (non-hydrogen) atoms. The molecule has 0 N–H and O–H groups in total. The summed E-state index contributed by atoms with van der Waals surface area (Å²) in [6.07, 6.45) is 5.46. The predicted octanol–water partition coefficient (Wildman–Crippen LogP) is 4.77. The molecule has 4 rings (SSSR count). The van der Waals surface area contributed by atoms with Crippen molar-refractivity contribution in [2.45, 2.75) is 32.7 Å². The van der Waals surface area contributed by atoms with Crippen LogP contribution in [0.4, 0.5) is 0 Å². The van der Waals surface area contributed by atoms with Gasteiger partial charge < -0.3 is 14.2 Å². The van der Waals surface area contributed by atoms with E-state index in [1.807, 2.05) is 23.1 Å². The SMILES string of the molecule is Cc1ccc(CN(CCc2ccccc2)C(=O)C2CCCN(C(=O)c3ccoc3)C2)s1. The number of furan rings is 1. The highest BCUT2D eigenvalue weighted by Gasteiger charge is 2.32. The Kier molecular flexibility index (Phi) is 6.87. The number of hydrogen-bond donors (Lipinski definition) is 0. The molecule has 3 aromatic rings. The molecular formula is C25H28N2O3S. The van der Waals surface area contributed by atoms with E-state index in [9.17, 15) is 9.59 Å². The van der Waals surface area contributed by atoms with Crippen molar-refractivity contribution in [2.75, 3.05) is 19.6 Å². The van der Waals surface area contributed by atoms with Crippen molar-refractivity contribution in [3.8, 4) is 0 Å². The van der Waals surface area contributed by atoms with Gasteiger partial charge in [0, 0.05) is 29.4 Å². The second kappa shape index (κ2) is 9.96. The molecule has 0 saturated carbocycles.